The zero-order valence-electron chi connectivity index (χ0n) is 7.90. The molecule has 0 saturated heterocycles. The molecule has 1 atom stereocenters. The number of hydrogen-bond donors (Lipinski definition) is 2. The summed E-state index contributed by atoms with van der Waals surface area (Å²) in [5.74, 6) is -1.14. The summed E-state index contributed by atoms with van der Waals surface area (Å²) in [5, 5.41) is 2.55. The van der Waals surface area contributed by atoms with Gasteiger partial charge < -0.3 is 11.1 Å². The SMILES string of the molecule is CC(NC(=O)c1cnc(Cl)cn1)C(N)=O. The van der Waals surface area contributed by atoms with E-state index in [0.717, 1.165) is 0 Å². The molecule has 1 heterocycles. The number of carbonyl (C=O) groups is 2. The van der Waals surface area contributed by atoms with Crippen LogP contribution in [0.2, 0.25) is 5.15 Å². The summed E-state index contributed by atoms with van der Waals surface area (Å²) in [4.78, 5) is 29.5. The van der Waals surface area contributed by atoms with Crippen molar-refractivity contribution in [2.24, 2.45) is 5.73 Å². The Hall–Kier alpha value is -1.69. The van der Waals surface area contributed by atoms with Crippen molar-refractivity contribution in [3.8, 4) is 0 Å². The second kappa shape index (κ2) is 4.70. The van der Waals surface area contributed by atoms with E-state index < -0.39 is 17.9 Å². The number of hydrogen-bond acceptors (Lipinski definition) is 4. The van der Waals surface area contributed by atoms with Crippen molar-refractivity contribution in [2.45, 2.75) is 13.0 Å². The standard InChI is InChI=1S/C8H9ClN4O2/c1-4(7(10)14)13-8(15)5-2-12-6(9)3-11-5/h2-4H,1H3,(H2,10,14)(H,13,15). The molecule has 0 radical (unpaired) electrons. The van der Waals surface area contributed by atoms with Gasteiger partial charge in [0.25, 0.3) is 5.91 Å². The van der Waals surface area contributed by atoms with E-state index >= 15 is 0 Å². The van der Waals surface area contributed by atoms with Crippen LogP contribution in [-0.4, -0.2) is 27.8 Å². The zero-order valence-corrected chi connectivity index (χ0v) is 8.65. The maximum Gasteiger partial charge on any atom is 0.272 e. The molecule has 0 saturated carbocycles. The van der Waals surface area contributed by atoms with Crippen LogP contribution in [0.5, 0.6) is 0 Å². The van der Waals surface area contributed by atoms with E-state index in [0.29, 0.717) is 0 Å². The lowest BCUT2D eigenvalue weighted by molar-refractivity contribution is -0.119. The molecule has 1 unspecified atom stereocenters. The Morgan fingerprint density at radius 1 is 1.47 bits per heavy atom. The summed E-state index contributed by atoms with van der Waals surface area (Å²) in [7, 11) is 0. The lowest BCUT2D eigenvalue weighted by Crippen LogP contribution is -2.42. The van der Waals surface area contributed by atoms with Crippen molar-refractivity contribution in [3.63, 3.8) is 0 Å². The average molecular weight is 229 g/mol. The molecule has 1 aromatic rings. The highest BCUT2D eigenvalue weighted by atomic mass is 35.5. The first-order valence-electron chi connectivity index (χ1n) is 4.08. The number of rotatable bonds is 3. The highest BCUT2D eigenvalue weighted by Gasteiger charge is 2.14. The summed E-state index contributed by atoms with van der Waals surface area (Å²) < 4.78 is 0. The van der Waals surface area contributed by atoms with Gasteiger partial charge in [-0.15, -0.1) is 0 Å². The smallest absolute Gasteiger partial charge is 0.272 e. The lowest BCUT2D eigenvalue weighted by atomic mass is 10.3. The third-order valence-electron chi connectivity index (χ3n) is 1.63. The molecule has 0 bridgehead atoms. The van der Waals surface area contributed by atoms with Crippen molar-refractivity contribution in [3.05, 3.63) is 23.2 Å². The van der Waals surface area contributed by atoms with E-state index in [1.165, 1.54) is 19.3 Å². The molecule has 3 N–H and O–H groups in total. The minimum Gasteiger partial charge on any atom is -0.368 e. The van der Waals surface area contributed by atoms with E-state index in [1.807, 2.05) is 0 Å². The van der Waals surface area contributed by atoms with Gasteiger partial charge in [0.05, 0.1) is 12.4 Å². The van der Waals surface area contributed by atoms with Crippen LogP contribution in [-0.2, 0) is 4.79 Å². The number of halogens is 1. The number of nitrogens with one attached hydrogen (secondary N) is 1. The maximum absolute atomic E-state index is 11.4. The quantitative estimate of drug-likeness (QED) is 0.744. The summed E-state index contributed by atoms with van der Waals surface area (Å²) in [5.41, 5.74) is 5.05. The molecule has 80 valence electrons. The van der Waals surface area contributed by atoms with Gasteiger partial charge in [-0.1, -0.05) is 11.6 Å². The molecule has 1 rings (SSSR count). The zero-order chi connectivity index (χ0) is 11.4. The topological polar surface area (TPSA) is 98.0 Å². The Bertz CT molecular complexity index is 379. The fourth-order valence-electron chi connectivity index (χ4n) is 0.771. The molecule has 0 aliphatic heterocycles. The van der Waals surface area contributed by atoms with E-state index in [4.69, 9.17) is 17.3 Å². The maximum atomic E-state index is 11.4. The number of carbonyl (C=O) groups excluding carboxylic acids is 2. The minimum absolute atomic E-state index is 0.0764. The number of aromatic nitrogens is 2. The van der Waals surface area contributed by atoms with E-state index in [1.54, 1.807) is 0 Å². The minimum atomic E-state index is -0.755. The fraction of sp³-hybridized carbons (Fsp3) is 0.250. The molecule has 6 nitrogen and oxygen atoms in total. The summed E-state index contributed by atoms with van der Waals surface area (Å²) in [6, 6.07) is -0.755. The molecule has 0 aromatic carbocycles. The molecule has 15 heavy (non-hydrogen) atoms. The van der Waals surface area contributed by atoms with Gasteiger partial charge in [-0.2, -0.15) is 0 Å². The van der Waals surface area contributed by atoms with Crippen molar-refractivity contribution in [2.75, 3.05) is 0 Å². The van der Waals surface area contributed by atoms with Crippen LogP contribution in [0, 0.1) is 0 Å². The van der Waals surface area contributed by atoms with Gasteiger partial charge in [-0.3, -0.25) is 9.59 Å². The second-order valence-electron chi connectivity index (χ2n) is 2.82. The van der Waals surface area contributed by atoms with Crippen LogP contribution < -0.4 is 11.1 Å². The molecule has 0 aliphatic carbocycles. The largest absolute Gasteiger partial charge is 0.368 e. The van der Waals surface area contributed by atoms with E-state index in [-0.39, 0.29) is 10.8 Å². The van der Waals surface area contributed by atoms with Crippen LogP contribution in [0.1, 0.15) is 17.4 Å². The fourth-order valence-corrected chi connectivity index (χ4v) is 0.869. The van der Waals surface area contributed by atoms with Gasteiger partial charge >= 0.3 is 0 Å². The summed E-state index contributed by atoms with van der Waals surface area (Å²) >= 11 is 5.49. The van der Waals surface area contributed by atoms with Crippen LogP contribution in [0.25, 0.3) is 0 Å². The molecule has 0 fully saturated rings. The molecular formula is C8H9ClN4O2. The van der Waals surface area contributed by atoms with Crippen molar-refractivity contribution in [1.82, 2.24) is 15.3 Å². The third-order valence-corrected chi connectivity index (χ3v) is 1.82. The number of nitrogens with zero attached hydrogens (tertiary/aromatic N) is 2. The Morgan fingerprint density at radius 3 is 2.60 bits per heavy atom. The predicted octanol–water partition coefficient (Wildman–Crippen LogP) is -0.266. The second-order valence-corrected chi connectivity index (χ2v) is 3.21. The van der Waals surface area contributed by atoms with E-state index in [9.17, 15) is 9.59 Å². The van der Waals surface area contributed by atoms with Crippen LogP contribution in [0.4, 0.5) is 0 Å². The Labute approximate surface area is 90.8 Å². The molecule has 7 heteroatoms. The van der Waals surface area contributed by atoms with Crippen molar-refractivity contribution >= 4 is 23.4 Å². The summed E-state index contributed by atoms with van der Waals surface area (Å²) in [6.07, 6.45) is 2.46. The Balaban J connectivity index is 2.69. The van der Waals surface area contributed by atoms with Crippen molar-refractivity contribution < 1.29 is 9.59 Å². The monoisotopic (exact) mass is 228 g/mol. The van der Waals surface area contributed by atoms with Gasteiger partial charge in [0.2, 0.25) is 5.91 Å². The third kappa shape index (κ3) is 3.17. The Kier molecular flexibility index (Phi) is 3.56. The molecule has 1 aromatic heterocycles. The predicted molar refractivity (Wildman–Crippen MR) is 53.2 cm³/mol. The number of primary amides is 1. The molecule has 2 amide bonds. The van der Waals surface area contributed by atoms with Gasteiger partial charge in [-0.05, 0) is 6.92 Å². The van der Waals surface area contributed by atoms with Crippen LogP contribution in [0.15, 0.2) is 12.4 Å². The van der Waals surface area contributed by atoms with Crippen LogP contribution in [0.3, 0.4) is 0 Å². The highest BCUT2D eigenvalue weighted by molar-refractivity contribution is 6.29. The molecule has 0 spiro atoms. The van der Waals surface area contributed by atoms with Gasteiger partial charge in [-0.25, -0.2) is 9.97 Å². The van der Waals surface area contributed by atoms with Gasteiger partial charge in [0, 0.05) is 0 Å². The number of nitrogens with two attached hydrogens (primary N) is 1. The average Bonchev–Trinajstić information content (AvgIpc) is 2.18. The first-order chi connectivity index (χ1) is 7.00. The normalized spacial score (nSPS) is 11.9. The molecular weight excluding hydrogens is 220 g/mol. The van der Waals surface area contributed by atoms with Gasteiger partial charge in [0.15, 0.2) is 0 Å². The van der Waals surface area contributed by atoms with Crippen molar-refractivity contribution in [1.29, 1.82) is 0 Å². The van der Waals surface area contributed by atoms with Crippen LogP contribution >= 0.6 is 11.6 Å². The van der Waals surface area contributed by atoms with E-state index in [2.05, 4.69) is 15.3 Å². The van der Waals surface area contributed by atoms with Gasteiger partial charge in [0.1, 0.15) is 16.9 Å². The first kappa shape index (κ1) is 11.4. The lowest BCUT2D eigenvalue weighted by Gasteiger charge is -2.08. The highest BCUT2D eigenvalue weighted by Crippen LogP contribution is 2.01. The molecule has 0 aliphatic rings. The number of amides is 2. The Morgan fingerprint density at radius 2 is 2.13 bits per heavy atom. The summed E-state index contributed by atoms with van der Waals surface area (Å²) in [6.45, 7) is 1.48. The first-order valence-corrected chi connectivity index (χ1v) is 4.46.